The van der Waals surface area contributed by atoms with Gasteiger partial charge in [-0.05, 0) is 18.6 Å². The summed E-state index contributed by atoms with van der Waals surface area (Å²) in [5.41, 5.74) is 0.769. The lowest BCUT2D eigenvalue weighted by Gasteiger charge is -2.23. The predicted molar refractivity (Wildman–Crippen MR) is 68.7 cm³/mol. The maximum absolute atomic E-state index is 13.4. The largest absolute Gasteiger partial charge is 0.494 e. The molecule has 5 heteroatoms. The minimum atomic E-state index is -0.346. The van der Waals surface area contributed by atoms with Crippen LogP contribution in [-0.2, 0) is 4.74 Å². The van der Waals surface area contributed by atoms with Crippen LogP contribution in [0.5, 0.6) is 5.75 Å². The first-order valence-corrected chi connectivity index (χ1v) is 6.18. The Hall–Kier alpha value is -1.33. The van der Waals surface area contributed by atoms with Crippen LogP contribution in [0.25, 0.3) is 0 Å². The van der Waals surface area contributed by atoms with Crippen molar-refractivity contribution in [2.75, 3.05) is 38.7 Å². The van der Waals surface area contributed by atoms with Crippen molar-refractivity contribution in [3.8, 4) is 5.75 Å². The molecule has 18 heavy (non-hydrogen) atoms. The van der Waals surface area contributed by atoms with Crippen molar-refractivity contribution in [3.63, 3.8) is 0 Å². The molecule has 2 N–H and O–H groups in total. The van der Waals surface area contributed by atoms with E-state index in [1.165, 1.54) is 13.2 Å². The van der Waals surface area contributed by atoms with Gasteiger partial charge in [-0.25, -0.2) is 4.39 Å². The van der Waals surface area contributed by atoms with E-state index in [0.717, 1.165) is 38.4 Å². The maximum atomic E-state index is 13.4. The highest BCUT2D eigenvalue weighted by molar-refractivity contribution is 5.47. The van der Waals surface area contributed by atoms with Gasteiger partial charge in [0.05, 0.1) is 20.3 Å². The van der Waals surface area contributed by atoms with Crippen LogP contribution in [0, 0.1) is 5.82 Å². The van der Waals surface area contributed by atoms with E-state index in [4.69, 9.17) is 9.47 Å². The zero-order chi connectivity index (χ0) is 12.8. The Balaban J connectivity index is 1.77. The molecule has 1 aliphatic rings. The Bertz CT molecular complexity index is 381. The Kier molecular flexibility index (Phi) is 4.78. The van der Waals surface area contributed by atoms with Gasteiger partial charge < -0.3 is 20.1 Å². The third-order valence-corrected chi connectivity index (χ3v) is 2.97. The SMILES string of the molecule is COc1ccc(NCCC2COCCN2)cc1F. The summed E-state index contributed by atoms with van der Waals surface area (Å²) in [6.07, 6.45) is 0.952. The first-order valence-electron chi connectivity index (χ1n) is 6.18. The minimum Gasteiger partial charge on any atom is -0.494 e. The number of hydrogen-bond donors (Lipinski definition) is 2. The molecule has 0 radical (unpaired) electrons. The number of morpholine rings is 1. The molecule has 1 aromatic rings. The molecular formula is C13H19FN2O2. The van der Waals surface area contributed by atoms with E-state index in [1.807, 2.05) is 6.07 Å². The fourth-order valence-corrected chi connectivity index (χ4v) is 1.97. The molecule has 0 amide bonds. The van der Waals surface area contributed by atoms with Gasteiger partial charge in [-0.2, -0.15) is 0 Å². The molecule has 0 saturated carbocycles. The maximum Gasteiger partial charge on any atom is 0.167 e. The average molecular weight is 254 g/mol. The summed E-state index contributed by atoms with van der Waals surface area (Å²) in [5, 5.41) is 6.57. The second-order valence-corrected chi connectivity index (χ2v) is 4.29. The van der Waals surface area contributed by atoms with E-state index in [0.29, 0.717) is 6.04 Å². The zero-order valence-corrected chi connectivity index (χ0v) is 10.5. The Morgan fingerprint density at radius 3 is 3.11 bits per heavy atom. The molecule has 0 spiro atoms. The average Bonchev–Trinajstić information content (AvgIpc) is 2.40. The smallest absolute Gasteiger partial charge is 0.167 e. The van der Waals surface area contributed by atoms with Crippen molar-refractivity contribution in [1.29, 1.82) is 0 Å². The van der Waals surface area contributed by atoms with Crippen LogP contribution in [-0.4, -0.2) is 39.5 Å². The molecule has 1 aromatic carbocycles. The Labute approximate surface area is 106 Å². The quantitative estimate of drug-likeness (QED) is 0.838. The van der Waals surface area contributed by atoms with Gasteiger partial charge in [0.25, 0.3) is 0 Å². The van der Waals surface area contributed by atoms with Gasteiger partial charge in [0.1, 0.15) is 0 Å². The molecule has 0 bridgehead atoms. The number of benzene rings is 1. The first kappa shape index (κ1) is 13.1. The number of methoxy groups -OCH3 is 1. The van der Waals surface area contributed by atoms with Crippen LogP contribution in [0.2, 0.25) is 0 Å². The van der Waals surface area contributed by atoms with E-state index in [1.54, 1.807) is 6.07 Å². The van der Waals surface area contributed by atoms with Crippen molar-refractivity contribution in [3.05, 3.63) is 24.0 Å². The number of nitrogens with one attached hydrogen (secondary N) is 2. The lowest BCUT2D eigenvalue weighted by molar-refractivity contribution is 0.0753. The topological polar surface area (TPSA) is 42.5 Å². The number of hydrogen-bond acceptors (Lipinski definition) is 4. The second-order valence-electron chi connectivity index (χ2n) is 4.29. The number of rotatable bonds is 5. The molecule has 1 unspecified atom stereocenters. The normalized spacial score (nSPS) is 19.6. The van der Waals surface area contributed by atoms with Crippen LogP contribution >= 0.6 is 0 Å². The zero-order valence-electron chi connectivity index (χ0n) is 10.5. The van der Waals surface area contributed by atoms with E-state index in [2.05, 4.69) is 10.6 Å². The Morgan fingerprint density at radius 1 is 1.56 bits per heavy atom. The molecule has 1 atom stereocenters. The van der Waals surface area contributed by atoms with Gasteiger partial charge in [0, 0.05) is 30.9 Å². The van der Waals surface area contributed by atoms with Gasteiger partial charge in [-0.1, -0.05) is 0 Å². The molecule has 1 fully saturated rings. The third-order valence-electron chi connectivity index (χ3n) is 2.97. The first-order chi connectivity index (χ1) is 8.79. The number of anilines is 1. The monoisotopic (exact) mass is 254 g/mol. The molecule has 1 heterocycles. The van der Waals surface area contributed by atoms with Crippen LogP contribution in [0.15, 0.2) is 18.2 Å². The van der Waals surface area contributed by atoms with E-state index >= 15 is 0 Å². The number of ether oxygens (including phenoxy) is 2. The van der Waals surface area contributed by atoms with Crippen LogP contribution in [0.3, 0.4) is 0 Å². The molecule has 2 rings (SSSR count). The van der Waals surface area contributed by atoms with Crippen molar-refractivity contribution >= 4 is 5.69 Å². The summed E-state index contributed by atoms with van der Waals surface area (Å²) in [4.78, 5) is 0. The summed E-state index contributed by atoms with van der Waals surface area (Å²) in [6, 6.07) is 5.27. The molecule has 100 valence electrons. The summed E-state index contributed by atoms with van der Waals surface area (Å²) in [7, 11) is 1.46. The van der Waals surface area contributed by atoms with Gasteiger partial charge in [0.15, 0.2) is 11.6 Å². The van der Waals surface area contributed by atoms with Gasteiger partial charge in [-0.3, -0.25) is 0 Å². The molecular weight excluding hydrogens is 235 g/mol. The van der Waals surface area contributed by atoms with Gasteiger partial charge in [0.2, 0.25) is 0 Å². The standard InChI is InChI=1S/C13H19FN2O2/c1-17-13-3-2-10(8-12(13)14)15-5-4-11-9-18-7-6-16-11/h2-3,8,11,15-16H,4-7,9H2,1H3. The van der Waals surface area contributed by atoms with Crippen molar-refractivity contribution in [2.24, 2.45) is 0 Å². The predicted octanol–water partition coefficient (Wildman–Crippen LogP) is 1.62. The molecule has 1 aliphatic heterocycles. The fourth-order valence-electron chi connectivity index (χ4n) is 1.97. The summed E-state index contributed by atoms with van der Waals surface area (Å²) in [6.45, 7) is 3.22. The van der Waals surface area contributed by atoms with Crippen LogP contribution in [0.4, 0.5) is 10.1 Å². The fraction of sp³-hybridized carbons (Fsp3) is 0.538. The minimum absolute atomic E-state index is 0.267. The van der Waals surface area contributed by atoms with Gasteiger partial charge in [-0.15, -0.1) is 0 Å². The van der Waals surface area contributed by atoms with Crippen LogP contribution < -0.4 is 15.4 Å². The number of halogens is 1. The van der Waals surface area contributed by atoms with E-state index in [-0.39, 0.29) is 11.6 Å². The summed E-state index contributed by atoms with van der Waals surface area (Å²) < 4.78 is 23.7. The Morgan fingerprint density at radius 2 is 2.44 bits per heavy atom. The lowest BCUT2D eigenvalue weighted by atomic mass is 10.2. The molecule has 4 nitrogen and oxygen atoms in total. The highest BCUT2D eigenvalue weighted by atomic mass is 19.1. The molecule has 0 aromatic heterocycles. The van der Waals surface area contributed by atoms with Gasteiger partial charge >= 0.3 is 0 Å². The summed E-state index contributed by atoms with van der Waals surface area (Å²) >= 11 is 0. The molecule has 0 aliphatic carbocycles. The summed E-state index contributed by atoms with van der Waals surface area (Å²) in [5.74, 6) is -0.0791. The lowest BCUT2D eigenvalue weighted by Crippen LogP contribution is -2.42. The van der Waals surface area contributed by atoms with Crippen molar-refractivity contribution < 1.29 is 13.9 Å². The van der Waals surface area contributed by atoms with E-state index < -0.39 is 0 Å². The third kappa shape index (κ3) is 3.58. The van der Waals surface area contributed by atoms with Crippen molar-refractivity contribution in [1.82, 2.24) is 5.32 Å². The van der Waals surface area contributed by atoms with Crippen molar-refractivity contribution in [2.45, 2.75) is 12.5 Å². The van der Waals surface area contributed by atoms with Crippen LogP contribution in [0.1, 0.15) is 6.42 Å². The molecule has 1 saturated heterocycles. The highest BCUT2D eigenvalue weighted by Crippen LogP contribution is 2.20. The van der Waals surface area contributed by atoms with E-state index in [9.17, 15) is 4.39 Å². The second kappa shape index (κ2) is 6.56. The highest BCUT2D eigenvalue weighted by Gasteiger charge is 2.12.